The molecule has 1 aliphatic rings. The summed E-state index contributed by atoms with van der Waals surface area (Å²) in [5.41, 5.74) is 2.12. The molecule has 3 aromatic rings. The predicted molar refractivity (Wildman–Crippen MR) is 117 cm³/mol. The fraction of sp³-hybridized carbons (Fsp3) is 0.238. The number of aromatic nitrogens is 3. The number of benzene rings is 2. The highest BCUT2D eigenvalue weighted by Crippen LogP contribution is 2.27. The molecule has 0 saturated heterocycles. The van der Waals surface area contributed by atoms with E-state index >= 15 is 0 Å². The fourth-order valence-corrected chi connectivity index (χ4v) is 3.46. The van der Waals surface area contributed by atoms with E-state index in [-0.39, 0.29) is 24.1 Å². The number of nitrogens with zero attached hydrogens (tertiary/aromatic N) is 4. The lowest BCUT2D eigenvalue weighted by atomic mass is 9.52. The minimum atomic E-state index is -0.375. The van der Waals surface area contributed by atoms with Gasteiger partial charge in [0.2, 0.25) is 5.82 Å². The zero-order valence-electron chi connectivity index (χ0n) is 16.7. The molecule has 0 unspecified atom stereocenters. The first-order valence-electron chi connectivity index (χ1n) is 9.78. The molecule has 0 bridgehead atoms. The minimum Gasteiger partial charge on any atom is -0.350 e. The normalized spacial score (nSPS) is 12.5. The van der Waals surface area contributed by atoms with Gasteiger partial charge in [-0.2, -0.15) is 0 Å². The SMILES string of the molecule is CB(C)CCNC(=O)c1nc2n(n1)-c1ccc(Cl)cc1C(c1ccccc1F)=NC2. The standard InChI is InChI=1S/C21H20BClFN5O/c1-22(2)9-10-25-21(30)20-27-18-12-26-19(14-5-3-4-6-16(14)24)15-11-13(23)7-8-17(15)29(18)28-20/h3-8,11H,9-10,12H2,1-2H3,(H,25,30). The number of aliphatic imine (C=N–C) groups is 1. The van der Waals surface area contributed by atoms with Crippen molar-refractivity contribution in [1.82, 2.24) is 20.1 Å². The van der Waals surface area contributed by atoms with Crippen LogP contribution in [0.25, 0.3) is 5.69 Å². The molecular formula is C21H20BClFN5O. The van der Waals surface area contributed by atoms with Gasteiger partial charge in [0.25, 0.3) is 5.91 Å². The van der Waals surface area contributed by atoms with Crippen LogP contribution < -0.4 is 5.32 Å². The van der Waals surface area contributed by atoms with Crippen molar-refractivity contribution < 1.29 is 9.18 Å². The van der Waals surface area contributed by atoms with E-state index in [4.69, 9.17) is 11.6 Å². The van der Waals surface area contributed by atoms with E-state index in [2.05, 4.69) is 34.0 Å². The number of hydrogen-bond donors (Lipinski definition) is 1. The number of rotatable bonds is 5. The van der Waals surface area contributed by atoms with Crippen LogP contribution in [0.4, 0.5) is 4.39 Å². The summed E-state index contributed by atoms with van der Waals surface area (Å²) in [6, 6.07) is 11.7. The van der Waals surface area contributed by atoms with Gasteiger partial charge in [0, 0.05) is 22.7 Å². The third kappa shape index (κ3) is 4.00. The van der Waals surface area contributed by atoms with E-state index in [1.807, 2.05) is 0 Å². The Morgan fingerprint density at radius 1 is 1.23 bits per heavy atom. The van der Waals surface area contributed by atoms with E-state index in [0.717, 1.165) is 6.32 Å². The Bertz CT molecular complexity index is 1140. The quantitative estimate of drug-likeness (QED) is 0.633. The molecule has 0 fully saturated rings. The lowest BCUT2D eigenvalue weighted by Gasteiger charge is -2.12. The van der Waals surface area contributed by atoms with Crippen molar-refractivity contribution in [3.05, 3.63) is 76.1 Å². The van der Waals surface area contributed by atoms with E-state index in [0.29, 0.717) is 46.6 Å². The minimum absolute atomic E-state index is 0.0826. The molecule has 30 heavy (non-hydrogen) atoms. The summed E-state index contributed by atoms with van der Waals surface area (Å²) in [7, 11) is 0. The molecule has 0 saturated carbocycles. The second-order valence-corrected chi connectivity index (χ2v) is 7.94. The smallest absolute Gasteiger partial charge is 0.290 e. The first kappa shape index (κ1) is 20.3. The first-order chi connectivity index (χ1) is 14.4. The number of amides is 1. The Kier molecular flexibility index (Phi) is 5.68. The van der Waals surface area contributed by atoms with Gasteiger partial charge >= 0.3 is 0 Å². The molecule has 9 heteroatoms. The second-order valence-electron chi connectivity index (χ2n) is 7.51. The maximum absolute atomic E-state index is 14.5. The molecule has 6 nitrogen and oxygen atoms in total. The average molecular weight is 424 g/mol. The zero-order chi connectivity index (χ0) is 21.3. The lowest BCUT2D eigenvalue weighted by molar-refractivity contribution is 0.0945. The summed E-state index contributed by atoms with van der Waals surface area (Å²) in [4.78, 5) is 21.5. The van der Waals surface area contributed by atoms with Crippen molar-refractivity contribution in [2.45, 2.75) is 26.5 Å². The van der Waals surface area contributed by atoms with Crippen molar-refractivity contribution >= 4 is 29.9 Å². The van der Waals surface area contributed by atoms with Crippen molar-refractivity contribution in [2.75, 3.05) is 6.54 Å². The van der Waals surface area contributed by atoms with Crippen molar-refractivity contribution in [1.29, 1.82) is 0 Å². The second kappa shape index (κ2) is 8.40. The Balaban J connectivity index is 1.74. The van der Waals surface area contributed by atoms with Crippen LogP contribution in [0.2, 0.25) is 25.0 Å². The highest BCUT2D eigenvalue weighted by Gasteiger charge is 2.25. The highest BCUT2D eigenvalue weighted by molar-refractivity contribution is 6.55. The monoisotopic (exact) mass is 423 g/mol. The summed E-state index contributed by atoms with van der Waals surface area (Å²) in [5.74, 6) is -0.122. The maximum Gasteiger partial charge on any atom is 0.290 e. The van der Waals surface area contributed by atoms with Crippen LogP contribution >= 0.6 is 11.6 Å². The molecule has 0 atom stereocenters. The summed E-state index contributed by atoms with van der Waals surface area (Å²) >= 11 is 6.23. The van der Waals surface area contributed by atoms with Crippen LogP contribution in [0.15, 0.2) is 47.5 Å². The van der Waals surface area contributed by atoms with Crippen molar-refractivity contribution in [3.8, 4) is 5.69 Å². The largest absolute Gasteiger partial charge is 0.350 e. The van der Waals surface area contributed by atoms with Crippen LogP contribution in [-0.4, -0.2) is 39.6 Å². The van der Waals surface area contributed by atoms with Crippen molar-refractivity contribution in [3.63, 3.8) is 0 Å². The molecular weight excluding hydrogens is 404 g/mol. The van der Waals surface area contributed by atoms with E-state index in [9.17, 15) is 9.18 Å². The maximum atomic E-state index is 14.5. The molecule has 2 aromatic carbocycles. The summed E-state index contributed by atoms with van der Waals surface area (Å²) < 4.78 is 16.1. The van der Waals surface area contributed by atoms with Gasteiger partial charge in [-0.15, -0.1) is 5.10 Å². The predicted octanol–water partition coefficient (Wildman–Crippen LogP) is 3.90. The Morgan fingerprint density at radius 2 is 2.03 bits per heavy atom. The van der Waals surface area contributed by atoms with Crippen LogP contribution in [0, 0.1) is 5.82 Å². The molecule has 2 heterocycles. The van der Waals surface area contributed by atoms with Gasteiger partial charge in [-0.3, -0.25) is 9.79 Å². The number of carbonyl (C=O) groups excluding carboxylic acids is 1. The molecule has 1 amide bonds. The molecule has 1 aliphatic heterocycles. The van der Waals surface area contributed by atoms with Gasteiger partial charge < -0.3 is 5.32 Å². The molecule has 0 aliphatic carbocycles. The van der Waals surface area contributed by atoms with Gasteiger partial charge in [0.15, 0.2) is 5.82 Å². The number of carbonyl (C=O) groups is 1. The number of halogens is 2. The summed E-state index contributed by atoms with van der Waals surface area (Å²) in [5, 5.41) is 7.75. The zero-order valence-corrected chi connectivity index (χ0v) is 17.4. The Hall–Kier alpha value is -3.00. The molecule has 4 rings (SSSR count). The summed E-state index contributed by atoms with van der Waals surface area (Å²) in [6.45, 7) is 5.39. The highest BCUT2D eigenvalue weighted by atomic mass is 35.5. The average Bonchev–Trinajstić information content (AvgIpc) is 3.07. The third-order valence-electron chi connectivity index (χ3n) is 4.83. The molecule has 0 spiro atoms. The van der Waals surface area contributed by atoms with E-state index < -0.39 is 0 Å². The molecule has 1 aromatic heterocycles. The van der Waals surface area contributed by atoms with Gasteiger partial charge in [-0.25, -0.2) is 14.1 Å². The van der Waals surface area contributed by atoms with Crippen LogP contribution in [0.5, 0.6) is 0 Å². The summed E-state index contributed by atoms with van der Waals surface area (Å²) in [6.07, 6.45) is 0.872. The molecule has 0 radical (unpaired) electrons. The molecule has 152 valence electrons. The first-order valence-corrected chi connectivity index (χ1v) is 10.2. The van der Waals surface area contributed by atoms with Crippen LogP contribution in [0.3, 0.4) is 0 Å². The topological polar surface area (TPSA) is 72.2 Å². The number of fused-ring (bicyclic) bond motifs is 3. The number of hydrogen-bond acceptors (Lipinski definition) is 4. The lowest BCUT2D eigenvalue weighted by Crippen LogP contribution is -2.27. The third-order valence-corrected chi connectivity index (χ3v) is 5.07. The fourth-order valence-electron chi connectivity index (χ4n) is 3.29. The van der Waals surface area contributed by atoms with Crippen LogP contribution in [-0.2, 0) is 6.54 Å². The van der Waals surface area contributed by atoms with Gasteiger partial charge in [0.1, 0.15) is 12.5 Å². The van der Waals surface area contributed by atoms with E-state index in [1.165, 1.54) is 6.07 Å². The van der Waals surface area contributed by atoms with Gasteiger partial charge in [-0.1, -0.05) is 43.7 Å². The van der Waals surface area contributed by atoms with Crippen molar-refractivity contribution in [2.24, 2.45) is 4.99 Å². The molecule has 1 N–H and O–H groups in total. The van der Waals surface area contributed by atoms with Gasteiger partial charge in [0.05, 0.1) is 17.9 Å². The Morgan fingerprint density at radius 3 is 2.80 bits per heavy atom. The number of nitrogens with one attached hydrogen (secondary N) is 1. The Labute approximate surface area is 179 Å². The van der Waals surface area contributed by atoms with Crippen LogP contribution in [0.1, 0.15) is 27.6 Å². The van der Waals surface area contributed by atoms with E-state index in [1.54, 1.807) is 41.1 Å². The van der Waals surface area contributed by atoms with Gasteiger partial charge in [-0.05, 0) is 30.3 Å².